The molecule has 0 radical (unpaired) electrons. The summed E-state index contributed by atoms with van der Waals surface area (Å²) in [4.78, 5) is 0. The van der Waals surface area contributed by atoms with Gasteiger partial charge in [-0.15, -0.1) is 0 Å². The van der Waals surface area contributed by atoms with E-state index >= 15 is 0 Å². The lowest BCUT2D eigenvalue weighted by Gasteiger charge is -2.36. The number of benzene rings is 11. The molecule has 0 amide bonds. The Labute approximate surface area is 499 Å². The fraction of sp³-hybridized carbons (Fsp3) is 0.185. The molecule has 4 heteroatoms. The van der Waals surface area contributed by atoms with E-state index in [-0.39, 0.29) is 17.5 Å². The SMILES string of the molecule is CC(C)c1cccc(C(C)C)c1-c1cc2c3c(c1)-n1c4ccccc4c4c1c(cc1c5ccccc5n(-c5ccc(-c6cc(C(C)(C)C)cc(C(C)(C)C)c6)cc5)c14)B3c1cc3c(cc1O2)C1(c2ccccc2-c2ccccc21)c1ccccc1-3. The lowest BCUT2D eigenvalue weighted by atomic mass is 9.34. The zero-order valence-corrected chi connectivity index (χ0v) is 50.2. The number of aromatic nitrogens is 2. The maximum atomic E-state index is 7.78. The van der Waals surface area contributed by atoms with Crippen LogP contribution in [0.5, 0.6) is 11.5 Å². The van der Waals surface area contributed by atoms with Crippen molar-refractivity contribution in [2.75, 3.05) is 0 Å². The topological polar surface area (TPSA) is 19.1 Å². The molecule has 4 heterocycles. The van der Waals surface area contributed by atoms with Gasteiger partial charge in [0, 0.05) is 32.9 Å². The Bertz CT molecular complexity index is 4960. The van der Waals surface area contributed by atoms with Gasteiger partial charge in [0.15, 0.2) is 0 Å². The van der Waals surface area contributed by atoms with Crippen LogP contribution in [-0.2, 0) is 16.2 Å². The normalized spacial score (nSPS) is 14.1. The average molecular weight is 1100 g/mol. The monoisotopic (exact) mass is 1090 g/mol. The number of nitrogens with zero attached hydrogens (tertiary/aromatic N) is 2. The molecule has 0 saturated carbocycles. The van der Waals surface area contributed by atoms with E-state index in [4.69, 9.17) is 4.74 Å². The molecule has 0 bridgehead atoms. The Kier molecular flexibility index (Phi) is 10.4. The average Bonchev–Trinajstić information content (AvgIpc) is 1.62. The molecule has 4 aliphatic rings. The van der Waals surface area contributed by atoms with E-state index in [1.54, 1.807) is 0 Å². The van der Waals surface area contributed by atoms with Crippen molar-refractivity contribution < 1.29 is 4.74 Å². The van der Waals surface area contributed by atoms with Gasteiger partial charge in [-0.25, -0.2) is 0 Å². The van der Waals surface area contributed by atoms with Crippen LogP contribution in [-0.4, -0.2) is 15.8 Å². The van der Waals surface area contributed by atoms with Crippen LogP contribution in [0.3, 0.4) is 0 Å². The van der Waals surface area contributed by atoms with Crippen LogP contribution in [0.15, 0.2) is 212 Å². The van der Waals surface area contributed by atoms with Crippen LogP contribution in [0.2, 0.25) is 0 Å². The first-order valence-corrected chi connectivity index (χ1v) is 30.8. The van der Waals surface area contributed by atoms with Crippen LogP contribution in [0, 0.1) is 0 Å². The van der Waals surface area contributed by atoms with Gasteiger partial charge in [-0.3, -0.25) is 0 Å². The molecule has 0 unspecified atom stereocenters. The Morgan fingerprint density at radius 3 is 1.56 bits per heavy atom. The van der Waals surface area contributed by atoms with Crippen molar-refractivity contribution in [2.45, 2.75) is 97.3 Å². The van der Waals surface area contributed by atoms with Gasteiger partial charge in [0.1, 0.15) is 11.5 Å². The van der Waals surface area contributed by atoms with E-state index in [0.29, 0.717) is 11.8 Å². The molecule has 85 heavy (non-hydrogen) atoms. The molecule has 1 spiro atoms. The summed E-state index contributed by atoms with van der Waals surface area (Å²) in [5.74, 6) is 2.48. The molecule has 410 valence electrons. The summed E-state index contributed by atoms with van der Waals surface area (Å²) in [5.41, 5.74) is 31.3. The molecule has 13 aromatic rings. The largest absolute Gasteiger partial charge is 0.458 e. The van der Waals surface area contributed by atoms with Crippen LogP contribution < -0.4 is 21.1 Å². The number of para-hydroxylation sites is 2. The van der Waals surface area contributed by atoms with E-state index in [9.17, 15) is 0 Å². The standard InChI is InChI=1S/C81H67BN2O/c1-46(2)54-27-21-28-55(47(3)4)74(54)50-40-71-76-73(41-50)85-72-45-66-61(58-24-13-18-31-65(58)81(66)63-29-16-11-22-56(63)57-23-12-17-30-64(57)81)43-67(72)82(76)68-44-62-59-25-14-19-32-69(59)83(77(62)75-60-26-15-20-33-70(60)84(71)78(68)75)53-36-34-48(35-37-53)49-38-51(79(5,6)7)42-52(39-49)80(8,9)10/h11-47H,1-10H3. The summed E-state index contributed by atoms with van der Waals surface area (Å²) in [7, 11) is 0. The Morgan fingerprint density at radius 2 is 0.965 bits per heavy atom. The third-order valence-electron chi connectivity index (χ3n) is 20.0. The lowest BCUT2D eigenvalue weighted by molar-refractivity contribution is 0.486. The van der Waals surface area contributed by atoms with Gasteiger partial charge >= 0.3 is 0 Å². The highest BCUT2D eigenvalue weighted by molar-refractivity contribution is 6.99. The van der Waals surface area contributed by atoms with Gasteiger partial charge < -0.3 is 13.9 Å². The fourth-order valence-corrected chi connectivity index (χ4v) is 16.1. The first kappa shape index (κ1) is 50.4. The summed E-state index contributed by atoms with van der Waals surface area (Å²) >= 11 is 0. The van der Waals surface area contributed by atoms with Crippen LogP contribution >= 0.6 is 0 Å². The van der Waals surface area contributed by atoms with E-state index in [1.165, 1.54) is 155 Å². The summed E-state index contributed by atoms with van der Waals surface area (Å²) in [6.07, 6.45) is 0. The highest BCUT2D eigenvalue weighted by Crippen LogP contribution is 2.63. The smallest absolute Gasteiger partial charge is 0.256 e. The fourth-order valence-electron chi connectivity index (χ4n) is 16.1. The molecule has 0 atom stereocenters. The minimum atomic E-state index is -0.510. The molecule has 3 nitrogen and oxygen atoms in total. The van der Waals surface area contributed by atoms with Crippen LogP contribution in [0.25, 0.3) is 99.5 Å². The quantitative estimate of drug-likeness (QED) is 0.157. The van der Waals surface area contributed by atoms with Crippen LogP contribution in [0.4, 0.5) is 0 Å². The second-order valence-electron chi connectivity index (χ2n) is 27.5. The van der Waals surface area contributed by atoms with Gasteiger partial charge in [-0.2, -0.15) is 0 Å². The third-order valence-corrected chi connectivity index (χ3v) is 20.0. The van der Waals surface area contributed by atoms with Crippen molar-refractivity contribution in [2.24, 2.45) is 0 Å². The highest BCUT2D eigenvalue weighted by atomic mass is 16.5. The minimum absolute atomic E-state index is 0.0144. The first-order valence-electron chi connectivity index (χ1n) is 30.8. The number of hydrogen-bond acceptors (Lipinski definition) is 1. The van der Waals surface area contributed by atoms with E-state index < -0.39 is 5.41 Å². The zero-order valence-electron chi connectivity index (χ0n) is 50.2. The van der Waals surface area contributed by atoms with E-state index in [0.717, 1.165) is 17.2 Å². The molecule has 0 N–H and O–H groups in total. The highest BCUT2D eigenvalue weighted by Gasteiger charge is 2.53. The van der Waals surface area contributed by atoms with Crippen molar-refractivity contribution in [3.05, 3.63) is 257 Å². The van der Waals surface area contributed by atoms with Crippen molar-refractivity contribution in [3.63, 3.8) is 0 Å². The van der Waals surface area contributed by atoms with Crippen LogP contribution in [0.1, 0.15) is 126 Å². The van der Waals surface area contributed by atoms with Crippen molar-refractivity contribution >= 4 is 66.7 Å². The molecule has 2 aliphatic carbocycles. The second kappa shape index (κ2) is 17.5. The van der Waals surface area contributed by atoms with E-state index in [1.807, 2.05) is 0 Å². The molecule has 17 rings (SSSR count). The Morgan fingerprint density at radius 1 is 0.412 bits per heavy atom. The van der Waals surface area contributed by atoms with Crippen molar-refractivity contribution in [1.29, 1.82) is 0 Å². The van der Waals surface area contributed by atoms with Gasteiger partial charge in [-0.05, 0) is 171 Å². The Hall–Kier alpha value is -9.12. The number of rotatable bonds is 5. The minimum Gasteiger partial charge on any atom is -0.458 e. The molecular weight excluding hydrogens is 1030 g/mol. The first-order chi connectivity index (χ1) is 41.1. The van der Waals surface area contributed by atoms with Crippen molar-refractivity contribution in [3.8, 4) is 67.4 Å². The molecule has 0 saturated heterocycles. The summed E-state index contributed by atoms with van der Waals surface area (Å²) < 4.78 is 13.0. The van der Waals surface area contributed by atoms with Gasteiger partial charge in [0.05, 0.1) is 27.5 Å². The summed E-state index contributed by atoms with van der Waals surface area (Å²) in [6.45, 7) is 23.2. The summed E-state index contributed by atoms with van der Waals surface area (Å²) in [6, 6.07) is 81.9. The third kappa shape index (κ3) is 6.80. The zero-order chi connectivity index (χ0) is 57.7. The number of hydrogen-bond donors (Lipinski definition) is 0. The van der Waals surface area contributed by atoms with Gasteiger partial charge in [0.2, 0.25) is 0 Å². The Balaban J connectivity index is 0.974. The molecule has 2 aliphatic heterocycles. The lowest BCUT2D eigenvalue weighted by Crippen LogP contribution is -2.58. The molecule has 11 aromatic carbocycles. The predicted molar refractivity (Wildman–Crippen MR) is 359 cm³/mol. The van der Waals surface area contributed by atoms with Gasteiger partial charge in [0.25, 0.3) is 6.71 Å². The second-order valence-corrected chi connectivity index (χ2v) is 27.5. The summed E-state index contributed by atoms with van der Waals surface area (Å²) in [5, 5.41) is 5.01. The van der Waals surface area contributed by atoms with E-state index in [2.05, 4.69) is 291 Å². The predicted octanol–water partition coefficient (Wildman–Crippen LogP) is 19.3. The maximum absolute atomic E-state index is 7.78. The number of ether oxygens (including phenoxy) is 1. The maximum Gasteiger partial charge on any atom is 0.256 e. The molecular formula is C81H67BN2O. The van der Waals surface area contributed by atoms with Gasteiger partial charge in [-0.1, -0.05) is 239 Å². The molecule has 0 fully saturated rings. The van der Waals surface area contributed by atoms with Crippen molar-refractivity contribution in [1.82, 2.24) is 9.13 Å². The number of fused-ring (bicyclic) bond motifs is 21. The molecule has 2 aromatic heterocycles.